The van der Waals surface area contributed by atoms with E-state index in [4.69, 9.17) is 4.74 Å². The van der Waals surface area contributed by atoms with E-state index in [0.29, 0.717) is 6.42 Å². The van der Waals surface area contributed by atoms with Gasteiger partial charge in [-0.2, -0.15) is 8.78 Å². The number of halogens is 2. The summed E-state index contributed by atoms with van der Waals surface area (Å²) in [4.78, 5) is 0. The molecule has 0 N–H and O–H groups in total. The number of hydrogen-bond acceptors (Lipinski definition) is 2. The zero-order valence-corrected chi connectivity index (χ0v) is 6.35. The highest BCUT2D eigenvalue weighted by atomic mass is 19.3. The molecule has 0 aliphatic heterocycles. The lowest BCUT2D eigenvalue weighted by Gasteiger charge is -2.13. The Morgan fingerprint density at radius 1 is 1.64 bits per heavy atom. The quantitative estimate of drug-likeness (QED) is 0.444. The van der Waals surface area contributed by atoms with Crippen molar-refractivity contribution < 1.29 is 18.3 Å². The molecule has 0 heterocycles. The normalized spacial score (nSPS) is 13.5. The minimum atomic E-state index is -2.07. The van der Waals surface area contributed by atoms with Gasteiger partial charge < -0.3 is 4.74 Å². The molecule has 0 aromatic carbocycles. The van der Waals surface area contributed by atoms with E-state index in [9.17, 15) is 8.78 Å². The second-order valence-electron chi connectivity index (χ2n) is 1.80. The van der Waals surface area contributed by atoms with Crippen LogP contribution in [0, 0.1) is 6.61 Å². The third-order valence-corrected chi connectivity index (χ3v) is 0.954. The van der Waals surface area contributed by atoms with Crippen molar-refractivity contribution in [2.75, 3.05) is 6.61 Å². The Bertz CT molecular complexity index is 107. The topological polar surface area (TPSA) is 18.5 Å². The van der Waals surface area contributed by atoms with E-state index in [1.807, 2.05) is 0 Å². The predicted octanol–water partition coefficient (Wildman–Crippen LogP) is 2.33. The van der Waals surface area contributed by atoms with Crippen LogP contribution in [0.2, 0.25) is 0 Å². The van der Waals surface area contributed by atoms with E-state index >= 15 is 0 Å². The summed E-state index contributed by atoms with van der Waals surface area (Å²) in [7, 11) is 0. The molecule has 2 nitrogen and oxygen atoms in total. The van der Waals surface area contributed by atoms with Crippen LogP contribution in [0.5, 0.6) is 0 Å². The molecular formula is C7H11F2O2. The van der Waals surface area contributed by atoms with Gasteiger partial charge in [-0.15, -0.1) is 6.58 Å². The van der Waals surface area contributed by atoms with Crippen molar-refractivity contribution in [3.05, 3.63) is 19.3 Å². The Kier molecular flexibility index (Phi) is 5.97. The summed E-state index contributed by atoms with van der Waals surface area (Å²) in [5.41, 5.74) is 0. The van der Waals surface area contributed by atoms with Crippen LogP contribution in [-0.2, 0) is 9.47 Å². The van der Waals surface area contributed by atoms with Gasteiger partial charge in [0.2, 0.25) is 0 Å². The molecule has 0 amide bonds. The Morgan fingerprint density at radius 2 is 2.27 bits per heavy atom. The van der Waals surface area contributed by atoms with Crippen molar-refractivity contribution in [1.82, 2.24) is 0 Å². The average Bonchev–Trinajstić information content (AvgIpc) is 1.97. The summed E-state index contributed by atoms with van der Waals surface area (Å²) in [6, 6.07) is 0. The number of hydrogen-bond donors (Lipinski definition) is 0. The van der Waals surface area contributed by atoms with Crippen LogP contribution >= 0.6 is 0 Å². The molecular weight excluding hydrogens is 154 g/mol. The summed E-state index contributed by atoms with van der Waals surface area (Å²) in [6.45, 7) is 3.21. The molecule has 0 aromatic rings. The summed E-state index contributed by atoms with van der Waals surface area (Å²) >= 11 is 0. The molecule has 11 heavy (non-hydrogen) atoms. The molecule has 0 fully saturated rings. The van der Waals surface area contributed by atoms with Crippen LogP contribution in [0.15, 0.2) is 12.7 Å². The average molecular weight is 165 g/mol. The zero-order chi connectivity index (χ0) is 8.69. The van der Waals surface area contributed by atoms with Crippen molar-refractivity contribution in [2.45, 2.75) is 19.6 Å². The van der Waals surface area contributed by atoms with E-state index in [1.165, 1.54) is 6.08 Å². The number of ether oxygens (including phenoxy) is 2. The molecule has 1 atom stereocenters. The lowest BCUT2D eigenvalue weighted by atomic mass is 10.5. The van der Waals surface area contributed by atoms with Gasteiger partial charge in [0.05, 0.1) is 6.61 Å². The van der Waals surface area contributed by atoms with E-state index in [-0.39, 0.29) is 6.61 Å². The van der Waals surface area contributed by atoms with E-state index in [0.717, 1.165) is 0 Å². The van der Waals surface area contributed by atoms with Gasteiger partial charge in [0.1, 0.15) is 0 Å². The molecule has 1 radical (unpaired) electrons. The van der Waals surface area contributed by atoms with Crippen molar-refractivity contribution in [1.29, 1.82) is 0 Å². The fraction of sp³-hybridized carbons (Fsp3) is 0.571. The molecule has 4 heteroatoms. The summed E-state index contributed by atoms with van der Waals surface area (Å²) in [5, 5.41) is 0. The molecule has 0 aliphatic rings. The molecule has 1 unspecified atom stereocenters. The van der Waals surface area contributed by atoms with Crippen molar-refractivity contribution in [3.63, 3.8) is 0 Å². The highest BCUT2D eigenvalue weighted by Crippen LogP contribution is 2.12. The number of rotatable bonds is 6. The summed E-state index contributed by atoms with van der Waals surface area (Å²) in [6.07, 6.45) is 0.992. The first-order valence-electron chi connectivity index (χ1n) is 3.27. The largest absolute Gasteiger partial charge is 0.450 e. The van der Waals surface area contributed by atoms with Gasteiger partial charge in [-0.3, -0.25) is 4.74 Å². The van der Waals surface area contributed by atoms with Gasteiger partial charge >= 0.3 is 6.61 Å². The first-order chi connectivity index (χ1) is 5.20. The fourth-order valence-corrected chi connectivity index (χ4v) is 0.510. The molecule has 0 aromatic heterocycles. The molecule has 0 rings (SSSR count). The lowest BCUT2D eigenvalue weighted by Crippen LogP contribution is -2.16. The smallest absolute Gasteiger partial charge is 0.348 e. The first kappa shape index (κ1) is 10.5. The molecule has 0 bridgehead atoms. The lowest BCUT2D eigenvalue weighted by molar-refractivity contribution is -0.182. The van der Waals surface area contributed by atoms with Gasteiger partial charge in [-0.25, -0.2) is 0 Å². The third kappa shape index (κ3) is 5.94. The maximum absolute atomic E-state index is 11.5. The zero-order valence-electron chi connectivity index (χ0n) is 6.35. The van der Waals surface area contributed by atoms with Crippen LogP contribution in [0.1, 0.15) is 13.3 Å². The SMILES string of the molecule is C=CCOC(CC)O[C](F)F. The first-order valence-corrected chi connectivity index (χ1v) is 3.27. The fourth-order valence-electron chi connectivity index (χ4n) is 0.510. The Labute approximate surface area is 64.8 Å². The second kappa shape index (κ2) is 6.24. The standard InChI is InChI=1S/C7H11F2O2/c1-3-5-10-6(4-2)11-7(8)9/h3,6H,1,4-5H2,2H3. The van der Waals surface area contributed by atoms with Crippen LogP contribution in [-0.4, -0.2) is 12.9 Å². The molecule has 0 saturated carbocycles. The Balaban J connectivity index is 3.48. The van der Waals surface area contributed by atoms with E-state index < -0.39 is 12.9 Å². The monoisotopic (exact) mass is 165 g/mol. The highest BCUT2D eigenvalue weighted by molar-refractivity contribution is 4.64. The van der Waals surface area contributed by atoms with Crippen molar-refractivity contribution in [3.8, 4) is 0 Å². The van der Waals surface area contributed by atoms with Gasteiger partial charge in [0.25, 0.3) is 0 Å². The minimum absolute atomic E-state index is 0.214. The van der Waals surface area contributed by atoms with E-state index in [2.05, 4.69) is 11.3 Å². The van der Waals surface area contributed by atoms with Crippen LogP contribution in [0.25, 0.3) is 0 Å². The maximum Gasteiger partial charge on any atom is 0.450 e. The molecule has 0 saturated heterocycles. The molecule has 0 aliphatic carbocycles. The maximum atomic E-state index is 11.5. The van der Waals surface area contributed by atoms with Gasteiger partial charge in [-0.05, 0) is 6.42 Å². The third-order valence-electron chi connectivity index (χ3n) is 0.954. The Hall–Kier alpha value is -0.480. The van der Waals surface area contributed by atoms with Crippen LogP contribution < -0.4 is 0 Å². The van der Waals surface area contributed by atoms with Gasteiger partial charge in [0.15, 0.2) is 6.29 Å². The summed E-state index contributed by atoms with van der Waals surface area (Å²) < 4.78 is 31.8. The van der Waals surface area contributed by atoms with Crippen LogP contribution in [0.3, 0.4) is 0 Å². The van der Waals surface area contributed by atoms with Gasteiger partial charge in [0, 0.05) is 0 Å². The molecule has 0 spiro atoms. The second-order valence-corrected chi connectivity index (χ2v) is 1.80. The predicted molar refractivity (Wildman–Crippen MR) is 36.8 cm³/mol. The van der Waals surface area contributed by atoms with Gasteiger partial charge in [-0.1, -0.05) is 13.0 Å². The van der Waals surface area contributed by atoms with Crippen molar-refractivity contribution in [2.24, 2.45) is 0 Å². The highest BCUT2D eigenvalue weighted by Gasteiger charge is 2.14. The van der Waals surface area contributed by atoms with E-state index in [1.54, 1.807) is 6.92 Å². The minimum Gasteiger partial charge on any atom is -0.348 e. The van der Waals surface area contributed by atoms with Crippen LogP contribution in [0.4, 0.5) is 8.78 Å². The summed E-state index contributed by atoms with van der Waals surface area (Å²) in [5.74, 6) is 0. The Morgan fingerprint density at radius 3 is 2.64 bits per heavy atom. The molecule has 65 valence electrons. The van der Waals surface area contributed by atoms with Crippen molar-refractivity contribution >= 4 is 0 Å².